The number of anilines is 1. The van der Waals surface area contributed by atoms with Gasteiger partial charge in [-0.25, -0.2) is 4.98 Å². The average molecular weight is 328 g/mol. The summed E-state index contributed by atoms with van der Waals surface area (Å²) in [4.78, 5) is 29.2. The number of nitro groups is 1. The second-order valence-corrected chi connectivity index (χ2v) is 6.09. The number of aryl methyl sites for hydroxylation is 1. The summed E-state index contributed by atoms with van der Waals surface area (Å²) >= 11 is 0. The molecule has 2 heterocycles. The number of aromatic nitrogens is 1. The van der Waals surface area contributed by atoms with Gasteiger partial charge in [-0.05, 0) is 25.8 Å². The minimum Gasteiger partial charge on any atom is -0.371 e. The van der Waals surface area contributed by atoms with Crippen LogP contribution in [-0.2, 0) is 4.79 Å². The number of non-ortho nitro benzene ring substituents is 1. The summed E-state index contributed by atoms with van der Waals surface area (Å²) < 4.78 is 0. The number of hydrogen-bond donors (Lipinski definition) is 1. The molecule has 1 aliphatic rings. The number of nitro benzene ring substituents is 1. The fourth-order valence-electron chi connectivity index (χ4n) is 3.34. The van der Waals surface area contributed by atoms with Crippen LogP contribution in [0.5, 0.6) is 0 Å². The second kappa shape index (κ2) is 6.43. The summed E-state index contributed by atoms with van der Waals surface area (Å²) in [7, 11) is 1.66. The molecule has 1 aromatic carbocycles. The van der Waals surface area contributed by atoms with Crippen LogP contribution in [0.4, 0.5) is 11.4 Å². The van der Waals surface area contributed by atoms with Crippen molar-refractivity contribution in [3.8, 4) is 0 Å². The zero-order valence-corrected chi connectivity index (χ0v) is 13.8. The number of pyridine rings is 1. The lowest BCUT2D eigenvalue weighted by molar-refractivity contribution is -0.383. The Labute approximate surface area is 139 Å². The normalized spacial score (nSPS) is 15.5. The molecule has 0 aliphatic carbocycles. The monoisotopic (exact) mass is 328 g/mol. The summed E-state index contributed by atoms with van der Waals surface area (Å²) in [5, 5.41) is 14.8. The Bertz CT molecular complexity index is 798. The van der Waals surface area contributed by atoms with Gasteiger partial charge in [0, 0.05) is 48.9 Å². The summed E-state index contributed by atoms with van der Waals surface area (Å²) in [6, 6.07) is 7.01. The predicted molar refractivity (Wildman–Crippen MR) is 92.1 cm³/mol. The molecule has 1 saturated heterocycles. The summed E-state index contributed by atoms with van der Waals surface area (Å²) in [5.41, 5.74) is 2.15. The molecule has 0 saturated carbocycles. The lowest BCUT2D eigenvalue weighted by Crippen LogP contribution is -2.39. The first kappa shape index (κ1) is 16.2. The Kier molecular flexibility index (Phi) is 4.33. The van der Waals surface area contributed by atoms with Crippen LogP contribution >= 0.6 is 0 Å². The highest BCUT2D eigenvalue weighted by Crippen LogP contribution is 2.34. The van der Waals surface area contributed by atoms with E-state index in [9.17, 15) is 14.9 Å². The number of hydrogen-bond acceptors (Lipinski definition) is 5. The maximum absolute atomic E-state index is 11.8. The number of piperidine rings is 1. The number of carbonyl (C=O) groups excluding carboxylic acids is 1. The van der Waals surface area contributed by atoms with E-state index in [1.807, 2.05) is 19.1 Å². The number of nitrogens with one attached hydrogen (secondary N) is 1. The first-order chi connectivity index (χ1) is 11.5. The van der Waals surface area contributed by atoms with Crippen LogP contribution in [0.15, 0.2) is 24.3 Å². The highest BCUT2D eigenvalue weighted by atomic mass is 16.6. The van der Waals surface area contributed by atoms with E-state index in [0.29, 0.717) is 5.52 Å². The van der Waals surface area contributed by atoms with Crippen molar-refractivity contribution in [3.63, 3.8) is 0 Å². The molecule has 1 fully saturated rings. The van der Waals surface area contributed by atoms with E-state index in [1.54, 1.807) is 13.1 Å². The molecule has 1 aromatic heterocycles. The van der Waals surface area contributed by atoms with E-state index < -0.39 is 4.92 Å². The molecule has 126 valence electrons. The molecular weight excluding hydrogens is 308 g/mol. The summed E-state index contributed by atoms with van der Waals surface area (Å²) in [5.74, 6) is 0.121. The molecular formula is C17H20N4O3. The Morgan fingerprint density at radius 1 is 1.38 bits per heavy atom. The first-order valence-corrected chi connectivity index (χ1v) is 8.02. The van der Waals surface area contributed by atoms with Crippen LogP contribution in [0.2, 0.25) is 0 Å². The van der Waals surface area contributed by atoms with Crippen molar-refractivity contribution in [2.24, 2.45) is 5.92 Å². The Hall–Kier alpha value is -2.70. The average Bonchev–Trinajstić information content (AvgIpc) is 2.59. The van der Waals surface area contributed by atoms with Crippen LogP contribution in [0.1, 0.15) is 18.5 Å². The quantitative estimate of drug-likeness (QED) is 0.690. The molecule has 1 amide bonds. The van der Waals surface area contributed by atoms with Gasteiger partial charge in [0.2, 0.25) is 5.91 Å². The maximum atomic E-state index is 11.8. The standard InChI is InChI=1S/C17H20N4O3/c1-11-10-15(20-8-6-12(7-9-20)17(22)18-2)13-4-3-5-14(21(23)24)16(13)19-11/h3-5,10,12H,6-9H2,1-2H3,(H,18,22). The second-order valence-electron chi connectivity index (χ2n) is 6.09. The number of rotatable bonds is 3. The molecule has 0 spiro atoms. The molecule has 0 unspecified atom stereocenters. The van der Waals surface area contributed by atoms with Crippen molar-refractivity contribution >= 4 is 28.2 Å². The van der Waals surface area contributed by atoms with Gasteiger partial charge in [0.1, 0.15) is 0 Å². The number of carbonyl (C=O) groups is 1. The largest absolute Gasteiger partial charge is 0.371 e. The van der Waals surface area contributed by atoms with Gasteiger partial charge < -0.3 is 10.2 Å². The zero-order chi connectivity index (χ0) is 17.3. The van der Waals surface area contributed by atoms with Crippen LogP contribution in [0.25, 0.3) is 10.9 Å². The molecule has 0 bridgehead atoms. The number of fused-ring (bicyclic) bond motifs is 1. The van der Waals surface area contributed by atoms with Gasteiger partial charge in [-0.2, -0.15) is 0 Å². The van der Waals surface area contributed by atoms with Crippen LogP contribution in [0.3, 0.4) is 0 Å². The molecule has 0 atom stereocenters. The molecule has 24 heavy (non-hydrogen) atoms. The Morgan fingerprint density at radius 2 is 2.08 bits per heavy atom. The zero-order valence-electron chi connectivity index (χ0n) is 13.8. The smallest absolute Gasteiger partial charge is 0.295 e. The van der Waals surface area contributed by atoms with Gasteiger partial charge >= 0.3 is 0 Å². The molecule has 1 N–H and O–H groups in total. The van der Waals surface area contributed by atoms with Gasteiger partial charge in [-0.1, -0.05) is 12.1 Å². The molecule has 3 rings (SSSR count). The number of benzene rings is 1. The lowest BCUT2D eigenvalue weighted by Gasteiger charge is -2.33. The summed E-state index contributed by atoms with van der Waals surface area (Å²) in [6.07, 6.45) is 1.55. The number of nitrogens with zero attached hydrogens (tertiary/aromatic N) is 3. The molecule has 2 aromatic rings. The molecule has 7 heteroatoms. The van der Waals surface area contributed by atoms with E-state index in [2.05, 4.69) is 15.2 Å². The number of amides is 1. The minimum absolute atomic E-state index is 0.0256. The van der Waals surface area contributed by atoms with Crippen molar-refractivity contribution in [3.05, 3.63) is 40.1 Å². The Balaban J connectivity index is 1.97. The topological polar surface area (TPSA) is 88.4 Å². The van der Waals surface area contributed by atoms with Gasteiger partial charge in [0.15, 0.2) is 5.52 Å². The van der Waals surface area contributed by atoms with Crippen molar-refractivity contribution in [1.82, 2.24) is 10.3 Å². The van der Waals surface area contributed by atoms with Crippen LogP contribution in [-0.4, -0.2) is 36.0 Å². The van der Waals surface area contributed by atoms with Gasteiger partial charge in [-0.3, -0.25) is 14.9 Å². The summed E-state index contributed by atoms with van der Waals surface area (Å²) in [6.45, 7) is 3.34. The highest BCUT2D eigenvalue weighted by Gasteiger charge is 2.26. The third-order valence-corrected chi connectivity index (χ3v) is 4.57. The highest BCUT2D eigenvalue weighted by molar-refractivity contribution is 5.97. The third-order valence-electron chi connectivity index (χ3n) is 4.57. The van der Waals surface area contributed by atoms with E-state index in [4.69, 9.17) is 0 Å². The molecule has 1 aliphatic heterocycles. The molecule has 7 nitrogen and oxygen atoms in total. The van der Waals surface area contributed by atoms with Crippen molar-refractivity contribution in [2.45, 2.75) is 19.8 Å². The van der Waals surface area contributed by atoms with E-state index in [0.717, 1.165) is 42.7 Å². The first-order valence-electron chi connectivity index (χ1n) is 8.02. The predicted octanol–water partition coefficient (Wildman–Crippen LogP) is 2.41. The van der Waals surface area contributed by atoms with Gasteiger partial charge in [-0.15, -0.1) is 0 Å². The van der Waals surface area contributed by atoms with Crippen LogP contribution < -0.4 is 10.2 Å². The van der Waals surface area contributed by atoms with Crippen molar-refractivity contribution < 1.29 is 9.72 Å². The van der Waals surface area contributed by atoms with Crippen molar-refractivity contribution in [2.75, 3.05) is 25.0 Å². The van der Waals surface area contributed by atoms with E-state index >= 15 is 0 Å². The molecule has 0 radical (unpaired) electrons. The fraction of sp³-hybridized carbons (Fsp3) is 0.412. The fourth-order valence-corrected chi connectivity index (χ4v) is 3.34. The van der Waals surface area contributed by atoms with Gasteiger partial charge in [0.05, 0.1) is 4.92 Å². The SMILES string of the molecule is CNC(=O)C1CCN(c2cc(C)nc3c([N+](=O)[O-])cccc23)CC1. The third kappa shape index (κ3) is 2.89. The van der Waals surface area contributed by atoms with E-state index in [-0.39, 0.29) is 17.5 Å². The Morgan fingerprint density at radius 3 is 2.71 bits per heavy atom. The van der Waals surface area contributed by atoms with Crippen molar-refractivity contribution in [1.29, 1.82) is 0 Å². The van der Waals surface area contributed by atoms with Crippen LogP contribution in [0, 0.1) is 23.0 Å². The van der Waals surface area contributed by atoms with E-state index in [1.165, 1.54) is 6.07 Å². The maximum Gasteiger partial charge on any atom is 0.295 e. The lowest BCUT2D eigenvalue weighted by atomic mass is 9.95. The van der Waals surface area contributed by atoms with Gasteiger partial charge in [0.25, 0.3) is 5.69 Å². The number of para-hydroxylation sites is 1. The minimum atomic E-state index is -0.392.